The van der Waals surface area contributed by atoms with Gasteiger partial charge in [-0.2, -0.15) is 5.26 Å². The lowest BCUT2D eigenvalue weighted by Crippen LogP contribution is -2.49. The lowest BCUT2D eigenvalue weighted by molar-refractivity contribution is 0.0600. The average Bonchev–Trinajstić information content (AvgIpc) is 3.24. The molecule has 1 aliphatic heterocycles. The summed E-state index contributed by atoms with van der Waals surface area (Å²) < 4.78 is 36.2. The highest BCUT2D eigenvalue weighted by Gasteiger charge is 2.55. The fourth-order valence-corrected chi connectivity index (χ4v) is 9.99. The SMILES string of the molecule is COC(=O)c1ccc(-c2ccc3c(c2)N(S(=O)(=O)c2cccc(C(C#N)(C(C)(C)C)C(C)(C)C)c2)[C@@H]2CCCC[C@]32C)cc1. The number of sulfonamides is 1. The minimum absolute atomic E-state index is 0.205. The first-order valence-electron chi connectivity index (χ1n) is 15.4. The second-order valence-electron chi connectivity index (χ2n) is 14.7. The van der Waals surface area contributed by atoms with Crippen LogP contribution in [0.15, 0.2) is 71.6 Å². The van der Waals surface area contributed by atoms with Crippen LogP contribution in [0, 0.1) is 22.2 Å². The van der Waals surface area contributed by atoms with Gasteiger partial charge in [0, 0.05) is 5.41 Å². The van der Waals surface area contributed by atoms with Gasteiger partial charge >= 0.3 is 5.97 Å². The number of anilines is 1. The third kappa shape index (κ3) is 4.74. The molecule has 44 heavy (non-hydrogen) atoms. The second-order valence-corrected chi connectivity index (χ2v) is 16.5. The van der Waals surface area contributed by atoms with Gasteiger partial charge in [0.15, 0.2) is 0 Å². The van der Waals surface area contributed by atoms with E-state index in [9.17, 15) is 18.5 Å². The molecule has 0 N–H and O–H groups in total. The third-order valence-electron chi connectivity index (χ3n) is 10.2. The van der Waals surface area contributed by atoms with E-state index in [-0.39, 0.29) is 16.4 Å². The molecular formula is C37H44N2O4S. The van der Waals surface area contributed by atoms with Crippen molar-refractivity contribution in [3.05, 3.63) is 83.4 Å². The predicted octanol–water partition coefficient (Wildman–Crippen LogP) is 8.40. The molecule has 0 amide bonds. The lowest BCUT2D eigenvalue weighted by Gasteiger charge is -2.49. The van der Waals surface area contributed by atoms with Crippen molar-refractivity contribution in [1.29, 1.82) is 5.26 Å². The van der Waals surface area contributed by atoms with E-state index in [1.165, 1.54) is 7.11 Å². The van der Waals surface area contributed by atoms with Crippen molar-refractivity contribution >= 4 is 21.7 Å². The fraction of sp³-hybridized carbons (Fsp3) is 0.459. The van der Waals surface area contributed by atoms with E-state index in [1.807, 2.05) is 71.9 Å². The zero-order chi connectivity index (χ0) is 32.3. The Kier molecular flexibility index (Phi) is 7.78. The van der Waals surface area contributed by atoms with Gasteiger partial charge in [0.1, 0.15) is 0 Å². The van der Waals surface area contributed by atoms with Gasteiger partial charge in [0.25, 0.3) is 10.0 Å². The van der Waals surface area contributed by atoms with Crippen molar-refractivity contribution in [2.24, 2.45) is 10.8 Å². The molecular weight excluding hydrogens is 568 g/mol. The number of benzene rings is 3. The predicted molar refractivity (Wildman–Crippen MR) is 175 cm³/mol. The standard InChI is InChI=1S/C37H44N2O4S/c1-34(2,3)37(24-38,35(4,5)6)28-12-11-13-29(23-28)44(41,42)39-31-22-27(25-15-17-26(18-16-25)33(40)43-8)19-20-30(31)36(7)21-10-9-14-32(36)39/h11-13,15-20,22-23,32H,9-10,14,21H2,1-8H3/t32-,36-/m1/s1. The van der Waals surface area contributed by atoms with E-state index in [0.717, 1.165) is 42.4 Å². The molecule has 0 unspecified atom stereocenters. The highest BCUT2D eigenvalue weighted by Crippen LogP contribution is 2.56. The molecule has 3 aromatic rings. The number of hydrogen-bond donors (Lipinski definition) is 0. The molecule has 1 saturated carbocycles. The van der Waals surface area contributed by atoms with E-state index in [0.29, 0.717) is 16.8 Å². The topological polar surface area (TPSA) is 87.5 Å². The quantitative estimate of drug-likeness (QED) is 0.270. The van der Waals surface area contributed by atoms with Gasteiger partial charge in [-0.15, -0.1) is 0 Å². The Labute approximate surface area is 263 Å². The maximum Gasteiger partial charge on any atom is 0.337 e. The summed E-state index contributed by atoms with van der Waals surface area (Å²) in [5, 5.41) is 10.7. The zero-order valence-corrected chi connectivity index (χ0v) is 28.0. The zero-order valence-electron chi connectivity index (χ0n) is 27.2. The van der Waals surface area contributed by atoms with Gasteiger partial charge in [0.05, 0.1) is 40.8 Å². The Bertz CT molecular complexity index is 1730. The largest absolute Gasteiger partial charge is 0.465 e. The maximum absolute atomic E-state index is 14.9. The Morgan fingerprint density at radius 2 is 1.57 bits per heavy atom. The number of methoxy groups -OCH3 is 1. The number of esters is 1. The van der Waals surface area contributed by atoms with Crippen LogP contribution < -0.4 is 4.31 Å². The van der Waals surface area contributed by atoms with Crippen molar-refractivity contribution < 1.29 is 17.9 Å². The normalized spacial score (nSPS) is 20.4. The van der Waals surface area contributed by atoms with Crippen LogP contribution in [-0.2, 0) is 25.6 Å². The number of ether oxygens (including phenoxy) is 1. The molecule has 1 fully saturated rings. The van der Waals surface area contributed by atoms with E-state index in [4.69, 9.17) is 4.74 Å². The summed E-state index contributed by atoms with van der Waals surface area (Å²) in [5.41, 5.74) is 2.53. The second kappa shape index (κ2) is 10.8. The smallest absolute Gasteiger partial charge is 0.337 e. The van der Waals surface area contributed by atoms with Crippen LogP contribution >= 0.6 is 0 Å². The Morgan fingerprint density at radius 3 is 2.16 bits per heavy atom. The summed E-state index contributed by atoms with van der Waals surface area (Å²) in [6, 6.07) is 22.8. The van der Waals surface area contributed by atoms with Gasteiger partial charge < -0.3 is 4.74 Å². The summed E-state index contributed by atoms with van der Waals surface area (Å²) >= 11 is 0. The van der Waals surface area contributed by atoms with Crippen LogP contribution in [0.25, 0.3) is 11.1 Å². The minimum atomic E-state index is -4.00. The number of carbonyl (C=O) groups excluding carboxylic acids is 1. The molecule has 7 heteroatoms. The first-order valence-corrected chi connectivity index (χ1v) is 16.9. The van der Waals surface area contributed by atoms with Gasteiger partial charge in [-0.3, -0.25) is 4.31 Å². The van der Waals surface area contributed by atoms with E-state index < -0.39 is 32.2 Å². The first-order chi connectivity index (χ1) is 20.5. The molecule has 0 saturated heterocycles. The Morgan fingerprint density at radius 1 is 0.932 bits per heavy atom. The average molecular weight is 613 g/mol. The molecule has 0 spiro atoms. The fourth-order valence-electron chi connectivity index (χ4n) is 8.16. The number of nitrogens with zero attached hydrogens (tertiary/aromatic N) is 2. The highest BCUT2D eigenvalue weighted by atomic mass is 32.2. The summed E-state index contributed by atoms with van der Waals surface area (Å²) in [6.45, 7) is 14.5. The van der Waals surface area contributed by atoms with Gasteiger partial charge in [-0.25, -0.2) is 13.2 Å². The number of hydrogen-bond acceptors (Lipinski definition) is 5. The Balaban J connectivity index is 1.67. The number of rotatable bonds is 5. The molecule has 232 valence electrons. The monoisotopic (exact) mass is 612 g/mol. The molecule has 6 nitrogen and oxygen atoms in total. The third-order valence-corrected chi connectivity index (χ3v) is 12.0. The molecule has 2 aliphatic rings. The van der Waals surface area contributed by atoms with Crippen LogP contribution in [0.1, 0.15) is 95.6 Å². The van der Waals surface area contributed by atoms with Crippen LogP contribution in [0.4, 0.5) is 5.69 Å². The highest BCUT2D eigenvalue weighted by molar-refractivity contribution is 7.93. The summed E-state index contributed by atoms with van der Waals surface area (Å²) in [5.74, 6) is -0.402. The molecule has 0 radical (unpaired) electrons. The van der Waals surface area contributed by atoms with Gasteiger partial charge in [0.2, 0.25) is 0 Å². The molecule has 2 atom stereocenters. The van der Waals surface area contributed by atoms with E-state index >= 15 is 0 Å². The number of carbonyl (C=O) groups is 1. The van der Waals surface area contributed by atoms with Crippen LogP contribution in [0.3, 0.4) is 0 Å². The summed E-state index contributed by atoms with van der Waals surface area (Å²) in [4.78, 5) is 12.2. The summed E-state index contributed by atoms with van der Waals surface area (Å²) in [7, 11) is -2.64. The number of fused-ring (bicyclic) bond motifs is 3. The van der Waals surface area contributed by atoms with E-state index in [1.54, 1.807) is 34.6 Å². The molecule has 1 heterocycles. The van der Waals surface area contributed by atoms with Crippen molar-refractivity contribution in [3.8, 4) is 17.2 Å². The summed E-state index contributed by atoms with van der Waals surface area (Å²) in [6.07, 6.45) is 3.71. The van der Waals surface area contributed by atoms with Crippen LogP contribution in [0.2, 0.25) is 0 Å². The Hall–Kier alpha value is -3.63. The molecule has 0 aromatic heterocycles. The molecule has 5 rings (SSSR count). The first kappa shape index (κ1) is 31.8. The molecule has 3 aromatic carbocycles. The van der Waals surface area contributed by atoms with Gasteiger partial charge in [-0.1, -0.05) is 97.7 Å². The van der Waals surface area contributed by atoms with Crippen molar-refractivity contribution in [2.75, 3.05) is 11.4 Å². The maximum atomic E-state index is 14.9. The molecule has 1 aliphatic carbocycles. The number of nitriles is 1. The molecule has 0 bridgehead atoms. The van der Waals surface area contributed by atoms with Crippen LogP contribution in [0.5, 0.6) is 0 Å². The van der Waals surface area contributed by atoms with Gasteiger partial charge in [-0.05, 0) is 76.3 Å². The van der Waals surface area contributed by atoms with E-state index in [2.05, 4.69) is 19.1 Å². The van der Waals surface area contributed by atoms with Crippen molar-refractivity contribution in [3.63, 3.8) is 0 Å². The van der Waals surface area contributed by atoms with Crippen LogP contribution in [-0.4, -0.2) is 27.5 Å². The minimum Gasteiger partial charge on any atom is -0.465 e. The van der Waals surface area contributed by atoms with Crippen molar-refractivity contribution in [1.82, 2.24) is 0 Å². The van der Waals surface area contributed by atoms with Crippen molar-refractivity contribution in [2.45, 2.75) is 95.9 Å². The lowest BCUT2D eigenvalue weighted by atomic mass is 9.52.